The van der Waals surface area contributed by atoms with Crippen LogP contribution >= 0.6 is 0 Å². The third kappa shape index (κ3) is 5.74. The molecular weight excluding hydrogens is 289 g/mol. The van der Waals surface area contributed by atoms with E-state index in [1.165, 1.54) is 10.5 Å². The van der Waals surface area contributed by atoms with Crippen LogP contribution < -0.4 is 0 Å². The maximum absolute atomic E-state index is 10.7. The Morgan fingerprint density at radius 1 is 1.17 bits per heavy atom. The minimum absolute atomic E-state index is 0.409. The van der Waals surface area contributed by atoms with Crippen LogP contribution in [-0.4, -0.2) is 31.0 Å². The zero-order chi connectivity index (χ0) is 14.6. The molecule has 0 aliphatic heterocycles. The van der Waals surface area contributed by atoms with Crippen LogP contribution in [0.5, 0.6) is 0 Å². The van der Waals surface area contributed by atoms with E-state index in [1.54, 1.807) is 0 Å². The van der Waals surface area contributed by atoms with Gasteiger partial charge in [-0.25, -0.2) is 8.42 Å². The molecule has 0 heterocycles. The summed E-state index contributed by atoms with van der Waals surface area (Å²) < 4.78 is 58.9. The zero-order valence-corrected chi connectivity index (χ0v) is 11.6. The van der Waals surface area contributed by atoms with Gasteiger partial charge in [0.1, 0.15) is 12.5 Å². The van der Waals surface area contributed by atoms with E-state index < -0.39 is 15.6 Å². The molecule has 0 radical (unpaired) electrons. The molecule has 1 rings (SSSR count). The summed E-state index contributed by atoms with van der Waals surface area (Å²) in [6.45, 7) is 2.17. The second kappa shape index (κ2) is 6.44. The van der Waals surface area contributed by atoms with Gasteiger partial charge in [0.25, 0.3) is 0 Å². The summed E-state index contributed by atoms with van der Waals surface area (Å²) >= 11 is 0. The van der Waals surface area contributed by atoms with Crippen molar-refractivity contribution in [1.82, 2.24) is 0 Å². The SMILES string of the molecule is Cc1ccccc1[S+](C)C.O=S(=O)([O-])C(F)(F)F. The van der Waals surface area contributed by atoms with Crippen molar-refractivity contribution < 1.29 is 26.1 Å². The van der Waals surface area contributed by atoms with Gasteiger partial charge in [0.15, 0.2) is 15.0 Å². The molecule has 3 nitrogen and oxygen atoms in total. The molecule has 0 unspecified atom stereocenters. The molecule has 0 saturated heterocycles. The molecule has 0 bridgehead atoms. The van der Waals surface area contributed by atoms with Crippen molar-refractivity contribution in [1.29, 1.82) is 0 Å². The van der Waals surface area contributed by atoms with Gasteiger partial charge in [0, 0.05) is 16.5 Å². The van der Waals surface area contributed by atoms with Gasteiger partial charge in [-0.1, -0.05) is 18.2 Å². The van der Waals surface area contributed by atoms with Crippen LogP contribution in [0.2, 0.25) is 0 Å². The highest BCUT2D eigenvalue weighted by Gasteiger charge is 2.36. The van der Waals surface area contributed by atoms with Crippen LogP contribution in [-0.2, 0) is 21.0 Å². The first-order valence-electron chi connectivity index (χ1n) is 4.62. The molecular formula is C10H13F3O3S2. The number of aryl methyl sites for hydroxylation is 1. The summed E-state index contributed by atoms with van der Waals surface area (Å²) in [6, 6.07) is 8.57. The van der Waals surface area contributed by atoms with Gasteiger partial charge >= 0.3 is 5.51 Å². The van der Waals surface area contributed by atoms with Crippen molar-refractivity contribution in [2.24, 2.45) is 0 Å². The van der Waals surface area contributed by atoms with Crippen LogP contribution in [0.3, 0.4) is 0 Å². The molecule has 18 heavy (non-hydrogen) atoms. The Labute approximate surface area is 107 Å². The highest BCUT2D eigenvalue weighted by atomic mass is 32.2. The van der Waals surface area contributed by atoms with Gasteiger partial charge in [0.2, 0.25) is 0 Å². The standard InChI is InChI=1S/C9H13S.CHF3O3S/c1-8-6-4-5-7-9(8)10(2)3;2-1(3,4)8(5,6)7/h4-7H,1-3H3;(H,5,6,7)/q+1;/p-1. The summed E-state index contributed by atoms with van der Waals surface area (Å²) in [4.78, 5) is 1.49. The Bertz CT molecular complexity index is 481. The fraction of sp³-hybridized carbons (Fsp3) is 0.400. The number of hydrogen-bond acceptors (Lipinski definition) is 3. The third-order valence-corrected chi connectivity index (χ3v) is 3.72. The minimum Gasteiger partial charge on any atom is -0.741 e. The van der Waals surface area contributed by atoms with Crippen molar-refractivity contribution in [2.75, 3.05) is 12.5 Å². The summed E-state index contributed by atoms with van der Waals surface area (Å²) in [5.74, 6) is 0. The van der Waals surface area contributed by atoms with Crippen LogP contribution in [0.15, 0.2) is 29.2 Å². The molecule has 0 fully saturated rings. The van der Waals surface area contributed by atoms with Gasteiger partial charge in [-0.2, -0.15) is 13.2 Å². The van der Waals surface area contributed by atoms with Gasteiger partial charge < -0.3 is 4.55 Å². The molecule has 0 N–H and O–H groups in total. The molecule has 0 aromatic heterocycles. The van der Waals surface area contributed by atoms with Gasteiger partial charge in [-0.3, -0.25) is 0 Å². The molecule has 0 spiro atoms. The van der Waals surface area contributed by atoms with E-state index in [0.29, 0.717) is 10.9 Å². The van der Waals surface area contributed by atoms with E-state index in [0.717, 1.165) is 0 Å². The first-order valence-corrected chi connectivity index (χ1v) is 8.07. The van der Waals surface area contributed by atoms with E-state index >= 15 is 0 Å². The fourth-order valence-electron chi connectivity index (χ4n) is 1.01. The summed E-state index contributed by atoms with van der Waals surface area (Å²) in [5.41, 5.74) is -4.23. The molecule has 1 aromatic carbocycles. The van der Waals surface area contributed by atoms with E-state index in [1.807, 2.05) is 0 Å². The molecule has 0 saturated carbocycles. The Kier molecular flexibility index (Phi) is 6.18. The summed E-state index contributed by atoms with van der Waals surface area (Å²) in [5, 5.41) is 0. The molecule has 0 aliphatic carbocycles. The highest BCUT2D eigenvalue weighted by Crippen LogP contribution is 2.20. The first-order chi connectivity index (χ1) is 7.97. The highest BCUT2D eigenvalue weighted by molar-refractivity contribution is 7.95. The van der Waals surface area contributed by atoms with Crippen molar-refractivity contribution in [2.45, 2.75) is 17.3 Å². The Morgan fingerprint density at radius 2 is 1.56 bits per heavy atom. The lowest BCUT2D eigenvalue weighted by molar-refractivity contribution is -0.0517. The van der Waals surface area contributed by atoms with E-state index in [4.69, 9.17) is 13.0 Å². The molecule has 0 atom stereocenters. The van der Waals surface area contributed by atoms with Crippen molar-refractivity contribution >= 4 is 21.0 Å². The average molecular weight is 302 g/mol. The quantitative estimate of drug-likeness (QED) is 0.454. The second-order valence-corrected chi connectivity index (χ2v) is 6.93. The summed E-state index contributed by atoms with van der Waals surface area (Å²) in [6.07, 6.45) is 4.50. The predicted molar refractivity (Wildman–Crippen MR) is 64.4 cm³/mol. The fourth-order valence-corrected chi connectivity index (χ4v) is 2.08. The lowest BCUT2D eigenvalue weighted by atomic mass is 10.2. The topological polar surface area (TPSA) is 57.2 Å². The molecule has 104 valence electrons. The second-order valence-electron chi connectivity index (χ2n) is 3.48. The van der Waals surface area contributed by atoms with Gasteiger partial charge in [0.05, 0.1) is 0 Å². The lowest BCUT2D eigenvalue weighted by Crippen LogP contribution is -2.21. The van der Waals surface area contributed by atoms with E-state index in [9.17, 15) is 13.2 Å². The number of rotatable bonds is 1. The number of halogens is 3. The first kappa shape index (κ1) is 17.3. The lowest BCUT2D eigenvalue weighted by Gasteiger charge is -2.08. The maximum Gasteiger partial charge on any atom is 0.485 e. The Balaban J connectivity index is 0.000000331. The molecule has 8 heteroatoms. The Hall–Kier alpha value is -0.730. The van der Waals surface area contributed by atoms with Crippen molar-refractivity contribution in [3.63, 3.8) is 0 Å². The van der Waals surface area contributed by atoms with E-state index in [2.05, 4.69) is 43.7 Å². The van der Waals surface area contributed by atoms with Crippen LogP contribution in [0.25, 0.3) is 0 Å². The average Bonchev–Trinajstić information content (AvgIpc) is 2.15. The maximum atomic E-state index is 10.7. The number of hydrogen-bond donors (Lipinski definition) is 0. The number of benzene rings is 1. The van der Waals surface area contributed by atoms with Gasteiger partial charge in [-0.15, -0.1) is 0 Å². The van der Waals surface area contributed by atoms with E-state index in [-0.39, 0.29) is 0 Å². The van der Waals surface area contributed by atoms with Crippen LogP contribution in [0, 0.1) is 6.92 Å². The minimum atomic E-state index is -6.09. The monoisotopic (exact) mass is 302 g/mol. The smallest absolute Gasteiger partial charge is 0.485 e. The third-order valence-electron chi connectivity index (χ3n) is 1.82. The Morgan fingerprint density at radius 3 is 1.78 bits per heavy atom. The number of alkyl halides is 3. The largest absolute Gasteiger partial charge is 0.741 e. The van der Waals surface area contributed by atoms with Gasteiger partial charge in [-0.05, 0) is 13.0 Å². The normalized spacial score (nSPS) is 12.0. The van der Waals surface area contributed by atoms with Crippen LogP contribution in [0.4, 0.5) is 13.2 Å². The van der Waals surface area contributed by atoms with Crippen LogP contribution in [0.1, 0.15) is 5.56 Å². The van der Waals surface area contributed by atoms with Crippen molar-refractivity contribution in [3.8, 4) is 0 Å². The predicted octanol–water partition coefficient (Wildman–Crippen LogP) is 2.28. The molecule has 1 aromatic rings. The van der Waals surface area contributed by atoms with Crippen molar-refractivity contribution in [3.05, 3.63) is 29.8 Å². The molecule has 0 amide bonds. The zero-order valence-electron chi connectivity index (χ0n) is 9.98. The molecule has 0 aliphatic rings. The summed E-state index contributed by atoms with van der Waals surface area (Å²) in [7, 11) is -5.68.